The molecule has 0 saturated heterocycles. The first-order valence-electron chi connectivity index (χ1n) is 7.36. The zero-order valence-electron chi connectivity index (χ0n) is 12.6. The minimum atomic E-state index is -1.14. The third kappa shape index (κ3) is 3.27. The van der Waals surface area contributed by atoms with Crippen molar-refractivity contribution in [3.05, 3.63) is 72.2 Å². The second-order valence-electron chi connectivity index (χ2n) is 5.40. The van der Waals surface area contributed by atoms with Gasteiger partial charge in [0.2, 0.25) is 5.91 Å². The smallest absolute Gasteiger partial charge is 0.330 e. The highest BCUT2D eigenvalue weighted by Crippen LogP contribution is 2.17. The van der Waals surface area contributed by atoms with Crippen LogP contribution >= 0.6 is 0 Å². The Kier molecular flexibility index (Phi) is 4.29. The van der Waals surface area contributed by atoms with Gasteiger partial charge in [-0.3, -0.25) is 4.79 Å². The number of aromatic nitrogens is 1. The summed E-state index contributed by atoms with van der Waals surface area (Å²) in [7, 11) is 0. The van der Waals surface area contributed by atoms with Gasteiger partial charge in [0.15, 0.2) is 6.04 Å². The fourth-order valence-electron chi connectivity index (χ4n) is 2.59. The monoisotopic (exact) mass is 326 g/mol. The van der Waals surface area contributed by atoms with Gasteiger partial charge in [-0.15, -0.1) is 0 Å². The molecule has 1 atom stereocenters. The summed E-state index contributed by atoms with van der Waals surface area (Å²) in [4.78, 5) is 23.7. The van der Waals surface area contributed by atoms with Crippen molar-refractivity contribution in [2.45, 2.75) is 12.6 Å². The van der Waals surface area contributed by atoms with E-state index in [2.05, 4.69) is 5.32 Å². The number of rotatable bonds is 5. The molecule has 0 aliphatic carbocycles. The number of nitrogens with one attached hydrogen (secondary N) is 1. The van der Waals surface area contributed by atoms with E-state index in [9.17, 15) is 19.1 Å². The van der Waals surface area contributed by atoms with Gasteiger partial charge in [0.1, 0.15) is 12.4 Å². The summed E-state index contributed by atoms with van der Waals surface area (Å²) in [5.74, 6) is -2.00. The highest BCUT2D eigenvalue weighted by Gasteiger charge is 2.22. The van der Waals surface area contributed by atoms with E-state index in [1.54, 1.807) is 53.2 Å². The zero-order chi connectivity index (χ0) is 17.1. The summed E-state index contributed by atoms with van der Waals surface area (Å²) >= 11 is 0. The van der Waals surface area contributed by atoms with Crippen LogP contribution in [0.1, 0.15) is 11.6 Å². The predicted molar refractivity (Wildman–Crippen MR) is 86.9 cm³/mol. The Hall–Kier alpha value is -3.15. The van der Waals surface area contributed by atoms with Crippen molar-refractivity contribution >= 4 is 22.8 Å². The normalized spacial score (nSPS) is 12.0. The van der Waals surface area contributed by atoms with Crippen LogP contribution in [0.25, 0.3) is 10.9 Å². The van der Waals surface area contributed by atoms with E-state index in [0.717, 1.165) is 5.39 Å². The molecule has 3 aromatic rings. The molecule has 0 radical (unpaired) electrons. The number of aliphatic carboxylic acids is 1. The maximum absolute atomic E-state index is 13.4. The summed E-state index contributed by atoms with van der Waals surface area (Å²) in [5.41, 5.74) is 1.07. The van der Waals surface area contributed by atoms with Gasteiger partial charge < -0.3 is 15.0 Å². The van der Waals surface area contributed by atoms with Crippen molar-refractivity contribution in [2.75, 3.05) is 0 Å². The van der Waals surface area contributed by atoms with Crippen molar-refractivity contribution < 1.29 is 19.1 Å². The first-order chi connectivity index (χ1) is 11.5. The van der Waals surface area contributed by atoms with Gasteiger partial charge in [-0.1, -0.05) is 30.3 Å². The highest BCUT2D eigenvalue weighted by atomic mass is 19.1. The summed E-state index contributed by atoms with van der Waals surface area (Å²) in [6, 6.07) is 13.4. The molecular weight excluding hydrogens is 311 g/mol. The molecule has 0 unspecified atom stereocenters. The Labute approximate surface area is 137 Å². The van der Waals surface area contributed by atoms with E-state index in [0.29, 0.717) is 11.1 Å². The maximum atomic E-state index is 13.4. The summed E-state index contributed by atoms with van der Waals surface area (Å²) in [6.45, 7) is -0.0937. The van der Waals surface area contributed by atoms with E-state index < -0.39 is 23.7 Å². The number of nitrogens with zero attached hydrogens (tertiary/aromatic N) is 1. The maximum Gasteiger partial charge on any atom is 0.330 e. The summed E-state index contributed by atoms with van der Waals surface area (Å²) in [5, 5.41) is 12.6. The lowest BCUT2D eigenvalue weighted by Crippen LogP contribution is -2.35. The van der Waals surface area contributed by atoms with E-state index in [-0.39, 0.29) is 6.54 Å². The second-order valence-corrected chi connectivity index (χ2v) is 5.40. The Morgan fingerprint density at radius 3 is 2.58 bits per heavy atom. The summed E-state index contributed by atoms with van der Waals surface area (Å²) < 4.78 is 15.0. The van der Waals surface area contributed by atoms with Gasteiger partial charge in [0.05, 0.1) is 5.52 Å². The standard InChI is InChI=1S/C18H15FN2O3/c19-14-7-6-12-8-9-21(15(12)10-14)11-16(22)20-17(18(23)24)13-4-2-1-3-5-13/h1-10,17H,11H2,(H,20,22)(H,23,24)/t17-/m0/s1. The van der Waals surface area contributed by atoms with Gasteiger partial charge in [-0.2, -0.15) is 0 Å². The van der Waals surface area contributed by atoms with Crippen LogP contribution in [0, 0.1) is 5.82 Å². The number of carbonyl (C=O) groups is 2. The number of benzene rings is 2. The topological polar surface area (TPSA) is 71.3 Å². The van der Waals surface area contributed by atoms with Gasteiger partial charge in [-0.05, 0) is 35.2 Å². The SMILES string of the molecule is O=C(Cn1ccc2ccc(F)cc21)N[C@H](C(=O)O)c1ccccc1. The first-order valence-corrected chi connectivity index (χ1v) is 7.36. The molecule has 5 nitrogen and oxygen atoms in total. The van der Waals surface area contributed by atoms with E-state index >= 15 is 0 Å². The number of amides is 1. The van der Waals surface area contributed by atoms with Crippen LogP contribution in [0.15, 0.2) is 60.8 Å². The lowest BCUT2D eigenvalue weighted by Gasteiger charge is -2.15. The average Bonchev–Trinajstić information content (AvgIpc) is 2.95. The second kappa shape index (κ2) is 6.54. The highest BCUT2D eigenvalue weighted by molar-refractivity contribution is 5.86. The van der Waals surface area contributed by atoms with Crippen LogP contribution in [0.4, 0.5) is 4.39 Å². The van der Waals surface area contributed by atoms with Crippen LogP contribution in [0.5, 0.6) is 0 Å². The molecular formula is C18H15FN2O3. The lowest BCUT2D eigenvalue weighted by atomic mass is 10.1. The Morgan fingerprint density at radius 2 is 1.88 bits per heavy atom. The van der Waals surface area contributed by atoms with Gasteiger partial charge >= 0.3 is 5.97 Å². The van der Waals surface area contributed by atoms with Crippen molar-refractivity contribution in [3.63, 3.8) is 0 Å². The van der Waals surface area contributed by atoms with Gasteiger partial charge in [0.25, 0.3) is 0 Å². The van der Waals surface area contributed by atoms with Crippen LogP contribution < -0.4 is 5.32 Å². The zero-order valence-corrected chi connectivity index (χ0v) is 12.6. The van der Waals surface area contributed by atoms with Crippen molar-refractivity contribution in [1.82, 2.24) is 9.88 Å². The third-order valence-electron chi connectivity index (χ3n) is 3.74. The number of hydrogen-bond acceptors (Lipinski definition) is 2. The Balaban J connectivity index is 1.78. The number of carboxylic acid groups (broad SMARTS) is 1. The Bertz CT molecular complexity index is 890. The van der Waals surface area contributed by atoms with Crippen LogP contribution in [0.2, 0.25) is 0 Å². The molecule has 6 heteroatoms. The van der Waals surface area contributed by atoms with Crippen molar-refractivity contribution in [2.24, 2.45) is 0 Å². The van der Waals surface area contributed by atoms with Crippen LogP contribution in [-0.4, -0.2) is 21.6 Å². The molecule has 0 aliphatic rings. The molecule has 2 aromatic carbocycles. The number of carboxylic acids is 1. The van der Waals surface area contributed by atoms with E-state index in [4.69, 9.17) is 0 Å². The molecule has 1 aromatic heterocycles. The molecule has 2 N–H and O–H groups in total. The third-order valence-corrected chi connectivity index (χ3v) is 3.74. The lowest BCUT2D eigenvalue weighted by molar-refractivity contribution is -0.142. The fourth-order valence-corrected chi connectivity index (χ4v) is 2.59. The van der Waals surface area contributed by atoms with Crippen molar-refractivity contribution in [3.8, 4) is 0 Å². The fraction of sp³-hybridized carbons (Fsp3) is 0.111. The van der Waals surface area contributed by atoms with Crippen LogP contribution in [0.3, 0.4) is 0 Å². The predicted octanol–water partition coefficient (Wildman–Crippen LogP) is 2.72. The molecule has 122 valence electrons. The molecule has 0 aliphatic heterocycles. The van der Waals surface area contributed by atoms with E-state index in [1.807, 2.05) is 0 Å². The van der Waals surface area contributed by atoms with E-state index in [1.165, 1.54) is 12.1 Å². The van der Waals surface area contributed by atoms with Gasteiger partial charge in [-0.25, -0.2) is 9.18 Å². The molecule has 24 heavy (non-hydrogen) atoms. The largest absolute Gasteiger partial charge is 0.479 e. The summed E-state index contributed by atoms with van der Waals surface area (Å²) in [6.07, 6.45) is 1.67. The van der Waals surface area contributed by atoms with Crippen molar-refractivity contribution in [1.29, 1.82) is 0 Å². The quantitative estimate of drug-likeness (QED) is 0.757. The molecule has 1 heterocycles. The molecule has 1 amide bonds. The van der Waals surface area contributed by atoms with Crippen LogP contribution in [-0.2, 0) is 16.1 Å². The molecule has 3 rings (SSSR count). The first kappa shape index (κ1) is 15.7. The molecule has 0 saturated carbocycles. The minimum absolute atomic E-state index is 0.0937. The molecule has 0 spiro atoms. The number of halogens is 1. The molecule has 0 fully saturated rings. The number of fused-ring (bicyclic) bond motifs is 1. The molecule has 0 bridgehead atoms. The Morgan fingerprint density at radius 1 is 1.12 bits per heavy atom. The minimum Gasteiger partial charge on any atom is -0.479 e. The average molecular weight is 326 g/mol. The number of carbonyl (C=O) groups excluding carboxylic acids is 1. The van der Waals surface area contributed by atoms with Gasteiger partial charge in [0, 0.05) is 6.20 Å². The number of hydrogen-bond donors (Lipinski definition) is 2.